The molecule has 4 heteroatoms. The molecule has 0 aromatic rings. The maximum absolute atomic E-state index is 11.0. The first-order valence-corrected chi connectivity index (χ1v) is 3.88. The highest BCUT2D eigenvalue weighted by Gasteiger charge is 2.64. The molecule has 0 amide bonds. The van der Waals surface area contributed by atoms with Crippen LogP contribution in [0.5, 0.6) is 0 Å². The number of nitro groups is 1. The minimum atomic E-state index is -0.523. The van der Waals surface area contributed by atoms with Crippen LogP contribution < -0.4 is 0 Å². The van der Waals surface area contributed by atoms with Crippen molar-refractivity contribution in [3.63, 3.8) is 0 Å². The molecule has 0 aromatic carbocycles. The van der Waals surface area contributed by atoms with Crippen molar-refractivity contribution in [2.75, 3.05) is 0 Å². The smallest absolute Gasteiger partial charge is 0.227 e. The fraction of sp³-hybridized carbons (Fsp3) is 0.857. The van der Waals surface area contributed by atoms with E-state index in [1.54, 1.807) is 0 Å². The largest absolute Gasteiger partial charge is 0.299 e. The van der Waals surface area contributed by atoms with Gasteiger partial charge in [0, 0.05) is 17.3 Å². The molecule has 60 valence electrons. The Kier molecular flexibility index (Phi) is 1.25. The molecule has 11 heavy (non-hydrogen) atoms. The van der Waals surface area contributed by atoms with Gasteiger partial charge in [0.2, 0.25) is 6.04 Å². The molecule has 0 spiro atoms. The topological polar surface area (TPSA) is 60.2 Å². The number of rotatable bonds is 1. The molecule has 2 fully saturated rings. The summed E-state index contributed by atoms with van der Waals surface area (Å²) in [4.78, 5) is 21.1. The van der Waals surface area contributed by atoms with Gasteiger partial charge >= 0.3 is 0 Å². The van der Waals surface area contributed by atoms with Gasteiger partial charge in [0.15, 0.2) is 0 Å². The normalized spacial score (nSPS) is 41.5. The second kappa shape index (κ2) is 2.03. The van der Waals surface area contributed by atoms with Crippen LogP contribution in [0.25, 0.3) is 0 Å². The molecule has 0 radical (unpaired) electrons. The molecule has 0 saturated heterocycles. The van der Waals surface area contributed by atoms with Gasteiger partial charge in [-0.1, -0.05) is 0 Å². The third kappa shape index (κ3) is 0.852. The van der Waals surface area contributed by atoms with Gasteiger partial charge in [-0.25, -0.2) is 0 Å². The van der Waals surface area contributed by atoms with Crippen LogP contribution in [0.3, 0.4) is 0 Å². The van der Waals surface area contributed by atoms with Gasteiger partial charge in [0.25, 0.3) is 0 Å². The number of hydrogen-bond donors (Lipinski definition) is 0. The molecule has 3 atom stereocenters. The number of carbonyl (C=O) groups excluding carboxylic acids is 1. The van der Waals surface area contributed by atoms with E-state index in [1.165, 1.54) is 0 Å². The number of ketones is 1. The maximum atomic E-state index is 11.0. The minimum Gasteiger partial charge on any atom is -0.299 e. The number of fused-ring (bicyclic) bond motifs is 1. The van der Waals surface area contributed by atoms with Gasteiger partial charge in [-0.2, -0.15) is 0 Å². The van der Waals surface area contributed by atoms with E-state index in [2.05, 4.69) is 0 Å². The Bertz CT molecular complexity index is 222. The van der Waals surface area contributed by atoms with Gasteiger partial charge in [-0.15, -0.1) is 0 Å². The quantitative estimate of drug-likeness (QED) is 0.412. The minimum absolute atomic E-state index is 0.0891. The molecule has 2 saturated carbocycles. The van der Waals surface area contributed by atoms with Crippen molar-refractivity contribution in [1.82, 2.24) is 0 Å². The van der Waals surface area contributed by atoms with Gasteiger partial charge in [0.05, 0.1) is 5.92 Å². The van der Waals surface area contributed by atoms with Crippen LogP contribution in [0.2, 0.25) is 0 Å². The molecule has 2 rings (SSSR count). The highest BCUT2D eigenvalue weighted by molar-refractivity contribution is 5.85. The van der Waals surface area contributed by atoms with Crippen molar-refractivity contribution in [2.24, 2.45) is 11.8 Å². The van der Waals surface area contributed by atoms with E-state index in [0.29, 0.717) is 6.42 Å². The zero-order valence-corrected chi connectivity index (χ0v) is 6.03. The van der Waals surface area contributed by atoms with Gasteiger partial charge in [-0.3, -0.25) is 14.9 Å². The average molecular weight is 155 g/mol. The number of nitrogens with zero attached hydrogens (tertiary/aromatic N) is 1. The molecule has 0 bridgehead atoms. The Hall–Kier alpha value is -0.930. The summed E-state index contributed by atoms with van der Waals surface area (Å²) >= 11 is 0. The van der Waals surface area contributed by atoms with Crippen LogP contribution in [0.1, 0.15) is 19.3 Å². The molecule has 0 aliphatic heterocycles. The number of carbonyl (C=O) groups is 1. The Labute approximate surface area is 63.7 Å². The summed E-state index contributed by atoms with van der Waals surface area (Å²) in [6.07, 6.45) is 2.29. The summed E-state index contributed by atoms with van der Waals surface area (Å²) in [6.45, 7) is 0. The molecule has 0 heterocycles. The van der Waals surface area contributed by atoms with E-state index in [0.717, 1.165) is 12.8 Å². The lowest BCUT2D eigenvalue weighted by atomic mass is 10.00. The van der Waals surface area contributed by atoms with Gasteiger partial charge in [0.1, 0.15) is 5.78 Å². The SMILES string of the molecule is O=C1CCC[C@H]2C([N+](=O)[O-])[C@@H]12. The predicted molar refractivity (Wildman–Crippen MR) is 36.6 cm³/mol. The van der Waals surface area contributed by atoms with Crippen LogP contribution in [-0.4, -0.2) is 16.7 Å². The van der Waals surface area contributed by atoms with E-state index >= 15 is 0 Å². The second-order valence-corrected chi connectivity index (χ2v) is 3.32. The molecule has 2 aliphatic rings. The van der Waals surface area contributed by atoms with E-state index < -0.39 is 6.04 Å². The first kappa shape index (κ1) is 6.76. The zero-order valence-electron chi connectivity index (χ0n) is 6.03. The van der Waals surface area contributed by atoms with Crippen LogP contribution in [0.4, 0.5) is 0 Å². The summed E-state index contributed by atoms with van der Waals surface area (Å²) < 4.78 is 0. The van der Waals surface area contributed by atoms with Crippen LogP contribution in [0, 0.1) is 22.0 Å². The first-order chi connectivity index (χ1) is 5.22. The molecular weight excluding hydrogens is 146 g/mol. The Morgan fingerprint density at radius 1 is 1.55 bits per heavy atom. The molecule has 0 aromatic heterocycles. The van der Waals surface area contributed by atoms with Crippen LogP contribution in [-0.2, 0) is 4.79 Å². The van der Waals surface area contributed by atoms with E-state index in [4.69, 9.17) is 0 Å². The standard InChI is InChI=1S/C7H9NO3/c9-5-3-1-2-4-6(5)7(4)8(10)11/h4,6-7H,1-3H2/t4-,6-,7?/m1/s1. The summed E-state index contributed by atoms with van der Waals surface area (Å²) in [6, 6.07) is -0.523. The summed E-state index contributed by atoms with van der Waals surface area (Å²) in [5, 5.41) is 10.3. The molecule has 2 aliphatic carbocycles. The Balaban J connectivity index is 2.10. The maximum Gasteiger partial charge on any atom is 0.227 e. The fourth-order valence-corrected chi connectivity index (χ4v) is 2.10. The monoisotopic (exact) mass is 155 g/mol. The highest BCUT2D eigenvalue weighted by Crippen LogP contribution is 2.49. The van der Waals surface area contributed by atoms with Crippen molar-refractivity contribution in [3.8, 4) is 0 Å². The van der Waals surface area contributed by atoms with Crippen molar-refractivity contribution >= 4 is 5.78 Å². The first-order valence-electron chi connectivity index (χ1n) is 3.88. The van der Waals surface area contributed by atoms with Gasteiger partial charge < -0.3 is 0 Å². The van der Waals surface area contributed by atoms with Crippen LogP contribution >= 0.6 is 0 Å². The van der Waals surface area contributed by atoms with E-state index in [-0.39, 0.29) is 22.5 Å². The third-order valence-electron chi connectivity index (χ3n) is 2.70. The lowest BCUT2D eigenvalue weighted by molar-refractivity contribution is -0.500. The van der Waals surface area contributed by atoms with E-state index in [1.807, 2.05) is 0 Å². The summed E-state index contributed by atoms with van der Waals surface area (Å²) in [5.41, 5.74) is 0. The van der Waals surface area contributed by atoms with Crippen molar-refractivity contribution < 1.29 is 9.72 Å². The molecule has 4 nitrogen and oxygen atoms in total. The number of Topliss-reactive ketones (excluding diaryl/α,β-unsaturated/α-hetero) is 1. The fourth-order valence-electron chi connectivity index (χ4n) is 2.10. The van der Waals surface area contributed by atoms with Gasteiger partial charge in [-0.05, 0) is 12.8 Å². The second-order valence-electron chi connectivity index (χ2n) is 3.32. The average Bonchev–Trinajstić information content (AvgIpc) is 2.62. The summed E-state index contributed by atoms with van der Waals surface area (Å²) in [5.74, 6) is -0.00653. The predicted octanol–water partition coefficient (Wildman–Crippen LogP) is 0.631. The van der Waals surface area contributed by atoms with Crippen molar-refractivity contribution in [2.45, 2.75) is 25.3 Å². The molecule has 1 unspecified atom stereocenters. The molecular formula is C7H9NO3. The molecule has 0 N–H and O–H groups in total. The third-order valence-corrected chi connectivity index (χ3v) is 2.70. The lowest BCUT2D eigenvalue weighted by Crippen LogP contribution is -2.10. The Morgan fingerprint density at radius 3 is 2.82 bits per heavy atom. The zero-order chi connectivity index (χ0) is 8.01. The highest BCUT2D eigenvalue weighted by atomic mass is 16.6. The lowest BCUT2D eigenvalue weighted by Gasteiger charge is -2.02. The van der Waals surface area contributed by atoms with Crippen LogP contribution in [0.15, 0.2) is 0 Å². The number of hydrogen-bond acceptors (Lipinski definition) is 3. The van der Waals surface area contributed by atoms with Crippen molar-refractivity contribution in [3.05, 3.63) is 10.1 Å². The van der Waals surface area contributed by atoms with E-state index in [9.17, 15) is 14.9 Å². The van der Waals surface area contributed by atoms with Crippen molar-refractivity contribution in [1.29, 1.82) is 0 Å². The Morgan fingerprint density at radius 2 is 2.27 bits per heavy atom. The summed E-state index contributed by atoms with van der Waals surface area (Å²) in [7, 11) is 0.